The zero-order chi connectivity index (χ0) is 21.0. The van der Waals surface area contributed by atoms with Gasteiger partial charge in [-0.05, 0) is 72.7 Å². The number of ether oxygens (including phenoxy) is 1. The average Bonchev–Trinajstić information content (AvgIpc) is 3.62. The van der Waals surface area contributed by atoms with Crippen LogP contribution in [0.15, 0.2) is 85.1 Å². The Hall–Kier alpha value is -3.66. The highest BCUT2D eigenvalue weighted by Gasteiger charge is 2.21. The second-order valence-corrected chi connectivity index (χ2v) is 8.11. The standard InChI is InChI=1S/C27H24N2O2/c30-27(29-18-20-5-2-1-3-6-20)22-7-4-8-23(17-22)31-26-13-14-28-25-16-21(11-12-24(25)26)15-19-9-10-19/h1-8,11-14,16-17,19H,9-10,15,18H2,(H,29,30). The van der Waals surface area contributed by atoms with Gasteiger partial charge in [0, 0.05) is 23.7 Å². The van der Waals surface area contributed by atoms with E-state index in [4.69, 9.17) is 4.74 Å². The molecule has 4 aromatic rings. The van der Waals surface area contributed by atoms with Gasteiger partial charge in [-0.3, -0.25) is 9.78 Å². The zero-order valence-corrected chi connectivity index (χ0v) is 17.3. The molecule has 0 radical (unpaired) electrons. The molecule has 0 bridgehead atoms. The van der Waals surface area contributed by atoms with Crippen LogP contribution in [0.5, 0.6) is 11.5 Å². The summed E-state index contributed by atoms with van der Waals surface area (Å²) >= 11 is 0. The van der Waals surface area contributed by atoms with E-state index in [1.165, 1.54) is 18.4 Å². The third-order valence-corrected chi connectivity index (χ3v) is 5.61. The smallest absolute Gasteiger partial charge is 0.251 e. The van der Waals surface area contributed by atoms with Crippen molar-refractivity contribution in [2.75, 3.05) is 0 Å². The first-order valence-corrected chi connectivity index (χ1v) is 10.7. The molecule has 31 heavy (non-hydrogen) atoms. The van der Waals surface area contributed by atoms with Crippen LogP contribution in [-0.2, 0) is 13.0 Å². The van der Waals surface area contributed by atoms with Gasteiger partial charge in [0.15, 0.2) is 0 Å². The van der Waals surface area contributed by atoms with Crippen molar-refractivity contribution in [3.63, 3.8) is 0 Å². The van der Waals surface area contributed by atoms with E-state index < -0.39 is 0 Å². The molecule has 1 saturated carbocycles. The van der Waals surface area contributed by atoms with E-state index in [2.05, 4.69) is 28.5 Å². The SMILES string of the molecule is O=C(NCc1ccccc1)c1cccc(Oc2ccnc3cc(CC4CC4)ccc23)c1. The number of carbonyl (C=O) groups excluding carboxylic acids is 1. The number of hydrogen-bond acceptors (Lipinski definition) is 3. The molecule has 5 rings (SSSR count). The summed E-state index contributed by atoms with van der Waals surface area (Å²) in [6, 6.07) is 25.4. The van der Waals surface area contributed by atoms with Crippen LogP contribution >= 0.6 is 0 Å². The summed E-state index contributed by atoms with van der Waals surface area (Å²) in [6.45, 7) is 0.489. The molecule has 1 amide bonds. The fourth-order valence-corrected chi connectivity index (χ4v) is 3.75. The number of hydrogen-bond donors (Lipinski definition) is 1. The van der Waals surface area contributed by atoms with Gasteiger partial charge in [0.05, 0.1) is 5.52 Å². The second kappa shape index (κ2) is 8.60. The van der Waals surface area contributed by atoms with Crippen LogP contribution < -0.4 is 10.1 Å². The molecule has 3 aromatic carbocycles. The van der Waals surface area contributed by atoms with Crippen LogP contribution in [0.3, 0.4) is 0 Å². The maximum absolute atomic E-state index is 12.6. The van der Waals surface area contributed by atoms with Crippen molar-refractivity contribution in [3.8, 4) is 11.5 Å². The monoisotopic (exact) mass is 408 g/mol. The van der Waals surface area contributed by atoms with E-state index in [1.54, 1.807) is 18.3 Å². The predicted molar refractivity (Wildman–Crippen MR) is 122 cm³/mol. The van der Waals surface area contributed by atoms with Gasteiger partial charge in [0.25, 0.3) is 5.91 Å². The number of aromatic nitrogens is 1. The molecule has 1 aromatic heterocycles. The van der Waals surface area contributed by atoms with Crippen LogP contribution in [-0.4, -0.2) is 10.9 Å². The molecule has 0 saturated heterocycles. The van der Waals surface area contributed by atoms with E-state index in [-0.39, 0.29) is 5.91 Å². The molecule has 1 fully saturated rings. The molecule has 1 heterocycles. The van der Waals surface area contributed by atoms with Gasteiger partial charge >= 0.3 is 0 Å². The minimum absolute atomic E-state index is 0.126. The highest BCUT2D eigenvalue weighted by Crippen LogP contribution is 2.34. The highest BCUT2D eigenvalue weighted by molar-refractivity contribution is 5.94. The first-order chi connectivity index (χ1) is 15.2. The van der Waals surface area contributed by atoms with Gasteiger partial charge in [0.1, 0.15) is 11.5 Å². The summed E-state index contributed by atoms with van der Waals surface area (Å²) in [7, 11) is 0. The Bertz CT molecular complexity index is 1220. The van der Waals surface area contributed by atoms with E-state index in [0.717, 1.165) is 34.6 Å². The second-order valence-electron chi connectivity index (χ2n) is 8.11. The molecule has 0 spiro atoms. The third kappa shape index (κ3) is 4.75. The first-order valence-electron chi connectivity index (χ1n) is 10.7. The van der Waals surface area contributed by atoms with E-state index in [1.807, 2.05) is 48.5 Å². The Balaban J connectivity index is 1.32. The lowest BCUT2D eigenvalue weighted by atomic mass is 10.1. The van der Waals surface area contributed by atoms with Crippen molar-refractivity contribution in [2.24, 2.45) is 5.92 Å². The normalized spacial score (nSPS) is 13.2. The van der Waals surface area contributed by atoms with Gasteiger partial charge in [-0.15, -0.1) is 0 Å². The van der Waals surface area contributed by atoms with Gasteiger partial charge in [-0.1, -0.05) is 42.5 Å². The van der Waals surface area contributed by atoms with Crippen LogP contribution in [0.2, 0.25) is 0 Å². The number of fused-ring (bicyclic) bond motifs is 1. The topological polar surface area (TPSA) is 51.2 Å². The van der Waals surface area contributed by atoms with Crippen LogP contribution in [0, 0.1) is 5.92 Å². The lowest BCUT2D eigenvalue weighted by Gasteiger charge is -2.11. The number of benzene rings is 3. The van der Waals surface area contributed by atoms with Gasteiger partial charge in [-0.2, -0.15) is 0 Å². The number of carbonyl (C=O) groups is 1. The summed E-state index contributed by atoms with van der Waals surface area (Å²) in [6.07, 6.45) is 5.57. The number of pyridine rings is 1. The molecule has 1 N–H and O–H groups in total. The lowest BCUT2D eigenvalue weighted by Crippen LogP contribution is -2.22. The molecule has 0 atom stereocenters. The Morgan fingerprint density at radius 2 is 1.81 bits per heavy atom. The number of nitrogens with one attached hydrogen (secondary N) is 1. The molecular formula is C27H24N2O2. The quantitative estimate of drug-likeness (QED) is 0.414. The molecule has 4 heteroatoms. The van der Waals surface area contributed by atoms with Crippen molar-refractivity contribution in [1.82, 2.24) is 10.3 Å². The molecular weight excluding hydrogens is 384 g/mol. The van der Waals surface area contributed by atoms with Gasteiger partial charge in [0.2, 0.25) is 0 Å². The number of rotatable bonds is 7. The Morgan fingerprint density at radius 3 is 2.65 bits per heavy atom. The maximum Gasteiger partial charge on any atom is 0.251 e. The zero-order valence-electron chi connectivity index (χ0n) is 17.3. The Kier molecular flexibility index (Phi) is 5.36. The highest BCUT2D eigenvalue weighted by atomic mass is 16.5. The molecule has 1 aliphatic rings. The predicted octanol–water partition coefficient (Wildman–Crippen LogP) is 5.91. The number of amides is 1. The minimum Gasteiger partial charge on any atom is -0.457 e. The van der Waals surface area contributed by atoms with Crippen molar-refractivity contribution in [2.45, 2.75) is 25.8 Å². The Labute approximate surface area is 181 Å². The van der Waals surface area contributed by atoms with Crippen LogP contribution in [0.25, 0.3) is 10.9 Å². The summed E-state index contributed by atoms with van der Waals surface area (Å²) in [5, 5.41) is 3.93. The molecule has 1 aliphatic carbocycles. The summed E-state index contributed by atoms with van der Waals surface area (Å²) < 4.78 is 6.16. The number of nitrogens with zero attached hydrogens (tertiary/aromatic N) is 1. The van der Waals surface area contributed by atoms with E-state index in [9.17, 15) is 4.79 Å². The van der Waals surface area contributed by atoms with Crippen molar-refractivity contribution >= 4 is 16.8 Å². The summed E-state index contributed by atoms with van der Waals surface area (Å²) in [4.78, 5) is 17.1. The van der Waals surface area contributed by atoms with Crippen molar-refractivity contribution in [3.05, 3.63) is 102 Å². The summed E-state index contributed by atoms with van der Waals surface area (Å²) in [5.74, 6) is 2.08. The molecule has 0 aliphatic heterocycles. The van der Waals surface area contributed by atoms with Crippen molar-refractivity contribution < 1.29 is 9.53 Å². The van der Waals surface area contributed by atoms with Gasteiger partial charge in [-0.25, -0.2) is 0 Å². The Morgan fingerprint density at radius 1 is 0.935 bits per heavy atom. The lowest BCUT2D eigenvalue weighted by molar-refractivity contribution is 0.0950. The van der Waals surface area contributed by atoms with Crippen LogP contribution in [0.1, 0.15) is 34.3 Å². The van der Waals surface area contributed by atoms with E-state index >= 15 is 0 Å². The first kappa shape index (κ1) is 19.3. The molecule has 0 unspecified atom stereocenters. The molecule has 4 nitrogen and oxygen atoms in total. The largest absolute Gasteiger partial charge is 0.457 e. The molecule has 154 valence electrons. The maximum atomic E-state index is 12.6. The minimum atomic E-state index is -0.126. The fourth-order valence-electron chi connectivity index (χ4n) is 3.75. The van der Waals surface area contributed by atoms with Crippen molar-refractivity contribution in [1.29, 1.82) is 0 Å². The van der Waals surface area contributed by atoms with Crippen LogP contribution in [0.4, 0.5) is 0 Å². The third-order valence-electron chi connectivity index (χ3n) is 5.61. The summed E-state index contributed by atoms with van der Waals surface area (Å²) in [5.41, 5.74) is 3.90. The average molecular weight is 409 g/mol. The van der Waals surface area contributed by atoms with Gasteiger partial charge < -0.3 is 10.1 Å². The van der Waals surface area contributed by atoms with E-state index in [0.29, 0.717) is 17.9 Å². The fraction of sp³-hybridized carbons (Fsp3) is 0.185.